The molecule has 12 heteroatoms. The van der Waals surface area contributed by atoms with Gasteiger partial charge in [0.25, 0.3) is 0 Å². The lowest BCUT2D eigenvalue weighted by molar-refractivity contribution is -0.0000212. The molecule has 4 nitrogen and oxygen atoms in total. The minimum absolute atomic E-state index is 0. The molecule has 316 valence electrons. The maximum absolute atomic E-state index is 9.67. The Hall–Kier alpha value is -5.73. The lowest BCUT2D eigenvalue weighted by atomic mass is 10.3. The molecule has 0 radical (unpaired) electrons. The predicted octanol–water partition coefficient (Wildman–Crippen LogP) is 5.98. The third-order valence-electron chi connectivity index (χ3n) is 9.41. The largest absolute Gasteiger partial charge is 1.00 e. The maximum Gasteiger partial charge on any atom is 0.762 e. The number of benzene rings is 8. The zero-order chi connectivity index (χ0) is 43.4. The van der Waals surface area contributed by atoms with E-state index in [0.717, 1.165) is 0 Å². The highest BCUT2D eigenvalue weighted by molar-refractivity contribution is 8.02. The summed E-state index contributed by atoms with van der Waals surface area (Å²) in [6.07, 6.45) is 0. The van der Waals surface area contributed by atoms with Gasteiger partial charge in [0, 0.05) is 0 Å². The molecule has 8 rings (SSSR count). The van der Waals surface area contributed by atoms with Crippen LogP contribution >= 0.6 is 14.5 Å². The Morgan fingerprint density at radius 3 is 0.597 bits per heavy atom. The van der Waals surface area contributed by atoms with Crippen LogP contribution < -0.4 is 47.1 Å². The van der Waals surface area contributed by atoms with Crippen LogP contribution in [0.3, 0.4) is 0 Å². The second-order valence-corrected chi connectivity index (χ2v) is 21.0. The van der Waals surface area contributed by atoms with Crippen molar-refractivity contribution in [3.8, 4) is 0 Å². The van der Waals surface area contributed by atoms with E-state index >= 15 is 0 Å². The third kappa shape index (κ3) is 12.7. The molecule has 0 N–H and O–H groups in total. The molecule has 0 aliphatic carbocycles. The molecule has 0 aliphatic heterocycles. The molecule has 0 saturated carbocycles. The molecule has 0 aliphatic rings. The van der Waals surface area contributed by atoms with E-state index in [2.05, 4.69) is 247 Å². The highest BCUT2D eigenvalue weighted by atomic mass is 32.3. The Bertz CT molecular complexity index is 2050. The van der Waals surface area contributed by atoms with Crippen LogP contribution in [0.5, 0.6) is 0 Å². The first-order chi connectivity index (χ1) is 29.6. The van der Waals surface area contributed by atoms with Crippen molar-refractivity contribution in [2.75, 3.05) is 6.61 Å². The third-order valence-corrected chi connectivity index (χ3v) is 18.5. The van der Waals surface area contributed by atoms with E-state index in [1.807, 2.05) is 0 Å². The second-order valence-electron chi connectivity index (χ2n) is 13.1. The summed E-state index contributed by atoms with van der Waals surface area (Å²) in [5, 5.41) is 11.1. The van der Waals surface area contributed by atoms with Crippen molar-refractivity contribution in [2.45, 2.75) is 6.92 Å². The van der Waals surface area contributed by atoms with Crippen molar-refractivity contribution in [2.24, 2.45) is 0 Å². The first-order valence-corrected chi connectivity index (χ1v) is 24.3. The number of hydrogen-bond acceptors (Lipinski definition) is 4. The first kappa shape index (κ1) is 48.9. The van der Waals surface area contributed by atoms with Crippen LogP contribution in [0.25, 0.3) is 0 Å². The van der Waals surface area contributed by atoms with Crippen molar-refractivity contribution in [1.29, 1.82) is 0 Å². The molecule has 0 atom stereocenters. The standard InChI is InChI=1S/2C24H20P.C2H6O4S.BF3.FH/c2*1-5-13-21(14-6-1)25(22-15-7-2-8-16-22,23-17-9-3-10-18-23)24-19-11-4-12-20-24;1-2-6-7(3,4)5;2-1(3)4;/h2*1-20H;2H2,1H3,(H,3,4,5);;1H/q2*+1;;;/p-2. The van der Waals surface area contributed by atoms with Crippen LogP contribution in [0.15, 0.2) is 243 Å². The normalized spacial score (nSPS) is 10.8. The molecule has 0 fully saturated rings. The van der Waals surface area contributed by atoms with Gasteiger partial charge in [0.2, 0.25) is 10.4 Å². The molecule has 0 bridgehead atoms. The van der Waals surface area contributed by atoms with Gasteiger partial charge in [0.15, 0.2) is 0 Å². The molecule has 62 heavy (non-hydrogen) atoms. The molecule has 0 unspecified atom stereocenters. The van der Waals surface area contributed by atoms with Crippen LogP contribution in [0.1, 0.15) is 6.92 Å². The van der Waals surface area contributed by atoms with Crippen LogP contribution in [-0.4, -0.2) is 27.1 Å². The van der Waals surface area contributed by atoms with E-state index in [1.165, 1.54) is 49.4 Å². The number of halogens is 4. The fraction of sp³-hybridized carbons (Fsp3) is 0.0400. The molecule has 0 saturated heterocycles. The summed E-state index contributed by atoms with van der Waals surface area (Å²) in [6, 6.07) is 87.7. The molecule has 0 amide bonds. The van der Waals surface area contributed by atoms with E-state index in [0.29, 0.717) is 0 Å². The van der Waals surface area contributed by atoms with Crippen molar-refractivity contribution >= 4 is 74.9 Å². The summed E-state index contributed by atoms with van der Waals surface area (Å²) in [7, 11) is -11.9. The van der Waals surface area contributed by atoms with Gasteiger partial charge in [-0.05, 0) is 104 Å². The van der Waals surface area contributed by atoms with Gasteiger partial charge in [-0.3, -0.25) is 17.1 Å². The fourth-order valence-electron chi connectivity index (χ4n) is 7.15. The molecule has 0 aromatic heterocycles. The molecule has 0 heterocycles. The summed E-state index contributed by atoms with van der Waals surface area (Å²) in [6.45, 7) is 1.33. The monoisotopic (exact) mass is 890 g/mol. The summed E-state index contributed by atoms with van der Waals surface area (Å²) in [4.78, 5) is 0. The SMILES string of the molecule is CCOS(=O)(=O)[O-].FB(F)F.[F-].c1ccc([P+](c2ccccc2)(c2ccccc2)c2ccccc2)cc1.c1ccc([P+](c2ccccc2)(c2ccccc2)c2ccccc2)cc1. The van der Waals surface area contributed by atoms with E-state index in [1.54, 1.807) is 0 Å². The van der Waals surface area contributed by atoms with Crippen LogP contribution in [0.2, 0.25) is 0 Å². The Kier molecular flexibility index (Phi) is 19.5. The molecule has 0 spiro atoms. The summed E-state index contributed by atoms with van der Waals surface area (Å²) in [5.74, 6) is 0. The smallest absolute Gasteiger partial charge is 0.762 e. The lowest BCUT2D eigenvalue weighted by Gasteiger charge is -2.27. The van der Waals surface area contributed by atoms with Gasteiger partial charge >= 0.3 is 7.54 Å². The predicted molar refractivity (Wildman–Crippen MR) is 253 cm³/mol. The van der Waals surface area contributed by atoms with Gasteiger partial charge in [-0.1, -0.05) is 146 Å². The van der Waals surface area contributed by atoms with Crippen molar-refractivity contribution in [3.63, 3.8) is 0 Å². The summed E-state index contributed by atoms with van der Waals surface area (Å²) in [5.41, 5.74) is 0. The summed E-state index contributed by atoms with van der Waals surface area (Å²) >= 11 is 0. The zero-order valence-electron chi connectivity index (χ0n) is 33.8. The Morgan fingerprint density at radius 2 is 0.516 bits per heavy atom. The minimum atomic E-state index is -4.42. The van der Waals surface area contributed by atoms with Gasteiger partial charge in [-0.2, -0.15) is 0 Å². The molecule has 8 aromatic rings. The van der Waals surface area contributed by atoms with E-state index in [4.69, 9.17) is 0 Å². The minimum Gasteiger partial charge on any atom is -1.00 e. The van der Waals surface area contributed by atoms with Crippen LogP contribution in [-0.2, 0) is 14.6 Å². The van der Waals surface area contributed by atoms with E-state index in [-0.39, 0.29) is 11.3 Å². The average molecular weight is 891 g/mol. The Balaban J connectivity index is 0.000000218. The Labute approximate surface area is 364 Å². The average Bonchev–Trinajstić information content (AvgIpc) is 3.30. The zero-order valence-corrected chi connectivity index (χ0v) is 36.4. The number of hydrogen-bond donors (Lipinski definition) is 0. The van der Waals surface area contributed by atoms with Gasteiger partial charge < -0.3 is 9.26 Å². The van der Waals surface area contributed by atoms with E-state index < -0.39 is 32.5 Å². The summed E-state index contributed by atoms with van der Waals surface area (Å²) < 4.78 is 61.0. The fourth-order valence-corrected chi connectivity index (χ4v) is 16.0. The quantitative estimate of drug-likeness (QED) is 0.0558. The molecule has 8 aromatic carbocycles. The Morgan fingerprint density at radius 1 is 0.387 bits per heavy atom. The van der Waals surface area contributed by atoms with Gasteiger partial charge in [-0.25, -0.2) is 8.42 Å². The lowest BCUT2D eigenvalue weighted by Crippen LogP contribution is -3.00. The highest BCUT2D eigenvalue weighted by Crippen LogP contribution is 2.55. The van der Waals surface area contributed by atoms with Crippen molar-refractivity contribution in [3.05, 3.63) is 243 Å². The molecular formula is C50H45BF4O4P2S. The van der Waals surface area contributed by atoms with Crippen molar-refractivity contribution in [1.82, 2.24) is 0 Å². The van der Waals surface area contributed by atoms with Crippen LogP contribution in [0.4, 0.5) is 12.9 Å². The maximum atomic E-state index is 9.67. The van der Waals surface area contributed by atoms with Gasteiger partial charge in [0.1, 0.15) is 57.0 Å². The highest BCUT2D eigenvalue weighted by Gasteiger charge is 2.48. The van der Waals surface area contributed by atoms with Crippen molar-refractivity contribution < 1.29 is 34.8 Å². The second kappa shape index (κ2) is 24.6. The molecular weight excluding hydrogens is 845 g/mol. The van der Waals surface area contributed by atoms with E-state index in [9.17, 15) is 25.9 Å². The van der Waals surface area contributed by atoms with Crippen LogP contribution in [0, 0.1) is 0 Å². The first-order valence-electron chi connectivity index (χ1n) is 19.4. The van der Waals surface area contributed by atoms with Gasteiger partial charge in [0.05, 0.1) is 6.61 Å². The number of rotatable bonds is 10. The topological polar surface area (TPSA) is 66.4 Å². The van der Waals surface area contributed by atoms with Gasteiger partial charge in [-0.15, -0.1) is 0 Å².